The Hall–Kier alpha value is -3.98. The van der Waals surface area contributed by atoms with Crippen LogP contribution in [-0.4, -0.2) is 0 Å². The molecule has 0 spiro atoms. The van der Waals surface area contributed by atoms with Crippen LogP contribution in [0, 0.1) is 13.8 Å². The predicted octanol–water partition coefficient (Wildman–Crippen LogP) is 11.5. The van der Waals surface area contributed by atoms with Crippen molar-refractivity contribution in [1.82, 2.24) is 0 Å². The third-order valence-corrected chi connectivity index (χ3v) is 10.6. The molecule has 2 heteroatoms. The summed E-state index contributed by atoms with van der Waals surface area (Å²) in [6.45, 7) is 4.58. The molecule has 0 aliphatic heterocycles. The summed E-state index contributed by atoms with van der Waals surface area (Å²) in [7, 11) is 0. The third kappa shape index (κ3) is 3.08. The maximum absolute atomic E-state index is 2.43. The van der Waals surface area contributed by atoms with Gasteiger partial charge >= 0.3 is 0 Å². The lowest BCUT2D eigenvalue weighted by atomic mass is 9.87. The fourth-order valence-electron chi connectivity index (χ4n) is 6.18. The van der Waals surface area contributed by atoms with E-state index in [1.807, 2.05) is 22.7 Å². The lowest BCUT2D eigenvalue weighted by molar-refractivity contribution is 1.58. The Morgan fingerprint density at radius 2 is 0.763 bits per heavy atom. The zero-order chi connectivity index (χ0) is 25.4. The highest BCUT2D eigenvalue weighted by atomic mass is 32.1. The quantitative estimate of drug-likeness (QED) is 0.199. The van der Waals surface area contributed by atoms with Gasteiger partial charge in [0.15, 0.2) is 0 Å². The highest BCUT2D eigenvalue weighted by Crippen LogP contribution is 2.51. The van der Waals surface area contributed by atoms with Crippen LogP contribution in [0.5, 0.6) is 0 Å². The van der Waals surface area contributed by atoms with E-state index in [1.54, 1.807) is 0 Å². The van der Waals surface area contributed by atoms with Gasteiger partial charge in [-0.15, -0.1) is 22.7 Å². The molecule has 0 atom stereocenters. The van der Waals surface area contributed by atoms with E-state index in [9.17, 15) is 0 Å². The highest BCUT2D eigenvalue weighted by Gasteiger charge is 2.22. The molecule has 0 aliphatic rings. The van der Waals surface area contributed by atoms with Crippen LogP contribution < -0.4 is 0 Å². The Labute approximate surface area is 229 Å². The average molecular weight is 521 g/mol. The Bertz CT molecular complexity index is 2050. The molecule has 8 rings (SSSR count). The van der Waals surface area contributed by atoms with Crippen LogP contribution in [0.1, 0.15) is 11.1 Å². The number of rotatable bonds is 2. The van der Waals surface area contributed by atoms with E-state index in [1.165, 1.54) is 84.5 Å². The monoisotopic (exact) mass is 520 g/mol. The second kappa shape index (κ2) is 8.26. The normalized spacial score (nSPS) is 11.9. The van der Waals surface area contributed by atoms with Crippen LogP contribution in [0.25, 0.3) is 73.4 Å². The maximum atomic E-state index is 2.43. The molecule has 0 radical (unpaired) electrons. The van der Waals surface area contributed by atoms with Gasteiger partial charge in [-0.3, -0.25) is 0 Å². The number of benzene rings is 6. The molecule has 0 unspecified atom stereocenters. The summed E-state index contributed by atoms with van der Waals surface area (Å²) in [5.41, 5.74) is 5.47. The fourth-order valence-corrected chi connectivity index (χ4v) is 8.74. The largest absolute Gasteiger partial charge is 0.135 e. The molecule has 8 aromatic rings. The Morgan fingerprint density at radius 1 is 0.395 bits per heavy atom. The second-order valence-electron chi connectivity index (χ2n) is 10.1. The minimum Gasteiger partial charge on any atom is -0.135 e. The number of fused-ring (bicyclic) bond motifs is 5. The Kier molecular flexibility index (Phi) is 4.79. The molecule has 2 aromatic heterocycles. The van der Waals surface area contributed by atoms with Crippen molar-refractivity contribution in [3.8, 4) is 20.9 Å². The lowest BCUT2D eigenvalue weighted by Gasteiger charge is -2.18. The van der Waals surface area contributed by atoms with Crippen molar-refractivity contribution >= 4 is 75.2 Å². The van der Waals surface area contributed by atoms with Gasteiger partial charge < -0.3 is 0 Å². The van der Waals surface area contributed by atoms with Crippen LogP contribution in [0.4, 0.5) is 0 Å². The minimum atomic E-state index is 1.29. The summed E-state index contributed by atoms with van der Waals surface area (Å²) in [6.07, 6.45) is 0. The Morgan fingerprint density at radius 3 is 1.18 bits per heavy atom. The molecule has 6 aromatic carbocycles. The van der Waals surface area contributed by atoms with Crippen LogP contribution in [0.15, 0.2) is 109 Å². The minimum absolute atomic E-state index is 1.29. The first kappa shape index (κ1) is 22.0. The van der Waals surface area contributed by atoms with Gasteiger partial charge in [0.2, 0.25) is 0 Å². The van der Waals surface area contributed by atoms with E-state index in [-0.39, 0.29) is 0 Å². The molecule has 0 bridgehead atoms. The molecule has 0 amide bonds. The van der Waals surface area contributed by atoms with Crippen LogP contribution in [-0.2, 0) is 0 Å². The zero-order valence-corrected chi connectivity index (χ0v) is 22.8. The Balaban J connectivity index is 1.62. The molecule has 0 saturated carbocycles. The number of aryl methyl sites for hydroxylation is 2. The molecule has 38 heavy (non-hydrogen) atoms. The number of hydrogen-bond donors (Lipinski definition) is 0. The van der Waals surface area contributed by atoms with Gasteiger partial charge in [-0.25, -0.2) is 0 Å². The first-order valence-corrected chi connectivity index (χ1v) is 14.7. The van der Waals surface area contributed by atoms with Crippen molar-refractivity contribution in [2.45, 2.75) is 13.8 Å². The molecule has 0 nitrogen and oxygen atoms in total. The summed E-state index contributed by atoms with van der Waals surface area (Å²) < 4.78 is 2.70. The standard InChI is InChI=1S/C36H24S2/c1-21-25-13-7-9-17-31(25)37-35(21)33-27-15-5-6-16-28(27)34(36-22(2)26-14-8-10-18-32(26)38-36)30-20-24-12-4-3-11-23(24)19-29(30)33/h3-20H,1-2H3. The maximum Gasteiger partial charge on any atom is 0.0397 e. The van der Waals surface area contributed by atoms with Crippen LogP contribution >= 0.6 is 22.7 Å². The van der Waals surface area contributed by atoms with Crippen molar-refractivity contribution in [2.75, 3.05) is 0 Å². The lowest BCUT2D eigenvalue weighted by Crippen LogP contribution is -1.91. The van der Waals surface area contributed by atoms with E-state index < -0.39 is 0 Å². The van der Waals surface area contributed by atoms with E-state index in [0.717, 1.165) is 0 Å². The van der Waals surface area contributed by atoms with E-state index in [2.05, 4.69) is 123 Å². The first-order valence-electron chi connectivity index (χ1n) is 13.0. The molecule has 0 fully saturated rings. The molecule has 0 saturated heterocycles. The van der Waals surface area contributed by atoms with Crippen molar-refractivity contribution < 1.29 is 0 Å². The summed E-state index contributed by atoms with van der Waals surface area (Å²) in [5, 5.41) is 10.6. The molecular weight excluding hydrogens is 497 g/mol. The summed E-state index contributed by atoms with van der Waals surface area (Å²) >= 11 is 3.85. The molecule has 180 valence electrons. The van der Waals surface area contributed by atoms with Gasteiger partial charge in [0.1, 0.15) is 0 Å². The average Bonchev–Trinajstić information content (AvgIpc) is 3.47. The highest BCUT2D eigenvalue weighted by molar-refractivity contribution is 7.23. The van der Waals surface area contributed by atoms with E-state index in [4.69, 9.17) is 0 Å². The van der Waals surface area contributed by atoms with Crippen molar-refractivity contribution in [2.24, 2.45) is 0 Å². The van der Waals surface area contributed by atoms with Crippen LogP contribution in [0.2, 0.25) is 0 Å². The van der Waals surface area contributed by atoms with E-state index in [0.29, 0.717) is 0 Å². The number of thiophene rings is 2. The molecule has 2 heterocycles. The van der Waals surface area contributed by atoms with Gasteiger partial charge in [0.05, 0.1) is 0 Å². The van der Waals surface area contributed by atoms with Gasteiger partial charge in [0, 0.05) is 30.3 Å². The van der Waals surface area contributed by atoms with E-state index >= 15 is 0 Å². The fraction of sp³-hybridized carbons (Fsp3) is 0.0556. The summed E-state index contributed by atoms with van der Waals surface area (Å²) in [5.74, 6) is 0. The number of hydrogen-bond acceptors (Lipinski definition) is 2. The van der Waals surface area contributed by atoms with Gasteiger partial charge in [-0.2, -0.15) is 0 Å². The van der Waals surface area contributed by atoms with Gasteiger partial charge in [-0.1, -0.05) is 84.9 Å². The smallest absolute Gasteiger partial charge is 0.0397 e. The summed E-state index contributed by atoms with van der Waals surface area (Å²) in [6, 6.07) is 40.4. The summed E-state index contributed by atoms with van der Waals surface area (Å²) in [4.78, 5) is 2.75. The first-order chi connectivity index (χ1) is 18.7. The topological polar surface area (TPSA) is 0 Å². The third-order valence-electron chi connectivity index (χ3n) is 8.03. The van der Waals surface area contributed by atoms with Gasteiger partial charge in [0.25, 0.3) is 0 Å². The SMILES string of the molecule is Cc1c(-c2c3ccccc3c(-c3sc4ccccc4c3C)c3cc4ccccc4cc23)sc2ccccc12. The van der Waals surface area contributed by atoms with Crippen molar-refractivity contribution in [3.05, 3.63) is 120 Å². The predicted molar refractivity (Wildman–Crippen MR) is 170 cm³/mol. The van der Waals surface area contributed by atoms with Crippen molar-refractivity contribution in [3.63, 3.8) is 0 Å². The molecular formula is C36H24S2. The van der Waals surface area contributed by atoms with Gasteiger partial charge in [-0.05, 0) is 92.3 Å². The molecule has 0 aliphatic carbocycles. The molecule has 0 N–H and O–H groups in total. The zero-order valence-electron chi connectivity index (χ0n) is 21.2. The van der Waals surface area contributed by atoms with Crippen LogP contribution in [0.3, 0.4) is 0 Å². The second-order valence-corrected chi connectivity index (χ2v) is 12.2. The van der Waals surface area contributed by atoms with Crippen molar-refractivity contribution in [1.29, 1.82) is 0 Å².